The first kappa shape index (κ1) is 24.0. The molecule has 0 N–H and O–H groups in total. The van der Waals surface area contributed by atoms with Crippen molar-refractivity contribution in [3.63, 3.8) is 0 Å². The van der Waals surface area contributed by atoms with E-state index in [1.807, 2.05) is 38.1 Å². The van der Waals surface area contributed by atoms with Crippen LogP contribution in [0.5, 0.6) is 17.4 Å². The minimum Gasteiger partial charge on any atom is -0.497 e. The third-order valence-corrected chi connectivity index (χ3v) is 4.89. The Labute approximate surface area is 193 Å². The van der Waals surface area contributed by atoms with E-state index in [1.54, 1.807) is 31.5 Å². The third-order valence-electron chi connectivity index (χ3n) is 4.89. The summed E-state index contributed by atoms with van der Waals surface area (Å²) in [5, 5.41) is 0. The first-order valence-electron chi connectivity index (χ1n) is 10.6. The lowest BCUT2D eigenvalue weighted by atomic mass is 10.0. The Morgan fingerprint density at radius 2 is 1.79 bits per heavy atom. The molecule has 1 aromatic heterocycles. The van der Waals surface area contributed by atoms with Crippen LogP contribution in [0.25, 0.3) is 11.1 Å². The average Bonchev–Trinajstić information content (AvgIpc) is 2.83. The van der Waals surface area contributed by atoms with Crippen LogP contribution in [0.1, 0.15) is 25.0 Å². The Morgan fingerprint density at radius 1 is 1.03 bits per heavy atom. The Hall–Kier alpha value is -3.61. The maximum atomic E-state index is 14.6. The van der Waals surface area contributed by atoms with Gasteiger partial charge < -0.3 is 18.9 Å². The molecule has 3 aromatic rings. The van der Waals surface area contributed by atoms with Crippen LogP contribution in [0, 0.1) is 11.7 Å². The van der Waals surface area contributed by atoms with Crippen LogP contribution >= 0.6 is 0 Å². The maximum Gasteiger partial charge on any atom is 0.310 e. The van der Waals surface area contributed by atoms with Crippen LogP contribution in [0.15, 0.2) is 54.7 Å². The number of pyridine rings is 1. The van der Waals surface area contributed by atoms with E-state index in [4.69, 9.17) is 14.2 Å². The molecule has 1 heterocycles. The molecule has 3 rings (SSSR count). The molecule has 0 fully saturated rings. The number of benzene rings is 2. The monoisotopic (exact) mass is 453 g/mol. The number of nitrogens with zero attached hydrogens (tertiary/aromatic N) is 1. The van der Waals surface area contributed by atoms with Crippen LogP contribution in [-0.2, 0) is 22.6 Å². The topological polar surface area (TPSA) is 66.9 Å². The number of hydrogen-bond acceptors (Lipinski definition) is 6. The van der Waals surface area contributed by atoms with Crippen LogP contribution in [0.2, 0.25) is 0 Å². The fraction of sp³-hybridized carbons (Fsp3) is 0.308. The van der Waals surface area contributed by atoms with Gasteiger partial charge in [-0.25, -0.2) is 9.37 Å². The predicted octanol–water partition coefficient (Wildman–Crippen LogP) is 5.23. The van der Waals surface area contributed by atoms with Gasteiger partial charge in [-0.05, 0) is 40.8 Å². The molecule has 0 aliphatic heterocycles. The number of hydrogen-bond donors (Lipinski definition) is 0. The molecule has 0 spiro atoms. The van der Waals surface area contributed by atoms with E-state index in [0.717, 1.165) is 11.3 Å². The minimum atomic E-state index is -0.498. The summed E-state index contributed by atoms with van der Waals surface area (Å²) in [5.74, 6) is 1.03. The number of halogens is 1. The molecule has 0 saturated carbocycles. The molecule has 2 aromatic carbocycles. The first-order valence-corrected chi connectivity index (χ1v) is 10.6. The number of ether oxygens (including phenoxy) is 4. The summed E-state index contributed by atoms with van der Waals surface area (Å²) in [6.45, 7) is 4.90. The van der Waals surface area contributed by atoms with Crippen molar-refractivity contribution in [1.82, 2.24) is 4.98 Å². The van der Waals surface area contributed by atoms with E-state index in [0.29, 0.717) is 41.9 Å². The number of carbonyl (C=O) groups is 1. The van der Waals surface area contributed by atoms with Gasteiger partial charge in [0.15, 0.2) is 0 Å². The first-order chi connectivity index (χ1) is 15.9. The lowest BCUT2D eigenvalue weighted by Gasteiger charge is -2.15. The SMILES string of the molecule is COC(=O)Cc1ccc(-c2cnc(OCc3ccc(OC)cc3)cc2OCC(C)C)cc1F. The number of rotatable bonds is 10. The minimum absolute atomic E-state index is 0.129. The molecule has 174 valence electrons. The fourth-order valence-corrected chi connectivity index (χ4v) is 3.06. The van der Waals surface area contributed by atoms with Crippen molar-refractivity contribution in [2.75, 3.05) is 20.8 Å². The van der Waals surface area contributed by atoms with Gasteiger partial charge in [0.25, 0.3) is 0 Å². The highest BCUT2D eigenvalue weighted by Crippen LogP contribution is 2.33. The summed E-state index contributed by atoms with van der Waals surface area (Å²) in [5.41, 5.74) is 2.46. The Balaban J connectivity index is 1.83. The molecule has 0 saturated heterocycles. The molecule has 33 heavy (non-hydrogen) atoms. The van der Waals surface area contributed by atoms with Crippen LogP contribution < -0.4 is 14.2 Å². The van der Waals surface area contributed by atoms with Gasteiger partial charge in [-0.3, -0.25) is 4.79 Å². The van der Waals surface area contributed by atoms with Crippen molar-refractivity contribution in [2.45, 2.75) is 26.9 Å². The molecule has 0 amide bonds. The fourth-order valence-electron chi connectivity index (χ4n) is 3.06. The normalized spacial score (nSPS) is 10.7. The number of aromatic nitrogens is 1. The highest BCUT2D eigenvalue weighted by atomic mass is 19.1. The van der Waals surface area contributed by atoms with Gasteiger partial charge in [0.2, 0.25) is 5.88 Å². The molecule has 7 heteroatoms. The molecular formula is C26H28FNO5. The van der Waals surface area contributed by atoms with E-state index >= 15 is 0 Å². The van der Waals surface area contributed by atoms with E-state index in [2.05, 4.69) is 9.72 Å². The van der Waals surface area contributed by atoms with Crippen molar-refractivity contribution < 1.29 is 28.1 Å². The second kappa shape index (κ2) is 11.3. The lowest BCUT2D eigenvalue weighted by molar-refractivity contribution is -0.139. The summed E-state index contributed by atoms with van der Waals surface area (Å²) in [6, 6.07) is 14.0. The highest BCUT2D eigenvalue weighted by molar-refractivity contribution is 5.74. The second-order valence-corrected chi connectivity index (χ2v) is 7.92. The molecule has 0 atom stereocenters. The predicted molar refractivity (Wildman–Crippen MR) is 123 cm³/mol. The van der Waals surface area contributed by atoms with Gasteiger partial charge in [-0.2, -0.15) is 0 Å². The quantitative estimate of drug-likeness (QED) is 0.392. The molecular weight excluding hydrogens is 425 g/mol. The van der Waals surface area contributed by atoms with Crippen LogP contribution in [0.4, 0.5) is 4.39 Å². The van der Waals surface area contributed by atoms with E-state index < -0.39 is 11.8 Å². The van der Waals surface area contributed by atoms with Crippen molar-refractivity contribution in [2.24, 2.45) is 5.92 Å². The summed E-state index contributed by atoms with van der Waals surface area (Å²) in [4.78, 5) is 15.9. The summed E-state index contributed by atoms with van der Waals surface area (Å²) in [7, 11) is 2.89. The van der Waals surface area contributed by atoms with Crippen LogP contribution in [0.3, 0.4) is 0 Å². The third kappa shape index (κ3) is 6.68. The maximum absolute atomic E-state index is 14.6. The zero-order valence-electron chi connectivity index (χ0n) is 19.3. The van der Waals surface area contributed by atoms with Crippen molar-refractivity contribution in [3.05, 3.63) is 71.7 Å². The molecule has 0 aliphatic rings. The van der Waals surface area contributed by atoms with Crippen LogP contribution in [-0.4, -0.2) is 31.8 Å². The largest absolute Gasteiger partial charge is 0.497 e. The Bertz CT molecular complexity index is 1080. The van der Waals surface area contributed by atoms with Gasteiger partial charge in [-0.1, -0.05) is 38.1 Å². The molecule has 0 radical (unpaired) electrons. The number of esters is 1. The van der Waals surface area contributed by atoms with Gasteiger partial charge >= 0.3 is 5.97 Å². The van der Waals surface area contributed by atoms with Gasteiger partial charge in [0.1, 0.15) is 23.9 Å². The standard InChI is InChI=1S/C26H28FNO5/c1-17(2)15-32-24-13-25(33-16-18-5-9-21(30-3)10-6-18)28-14-22(24)19-7-8-20(23(27)11-19)12-26(29)31-4/h5-11,13-14,17H,12,15-16H2,1-4H3. The number of methoxy groups -OCH3 is 2. The van der Waals surface area contributed by atoms with E-state index in [9.17, 15) is 9.18 Å². The number of carbonyl (C=O) groups excluding carboxylic acids is 1. The highest BCUT2D eigenvalue weighted by Gasteiger charge is 2.15. The second-order valence-electron chi connectivity index (χ2n) is 7.92. The lowest BCUT2D eigenvalue weighted by Crippen LogP contribution is -2.07. The van der Waals surface area contributed by atoms with Gasteiger partial charge in [0.05, 0.1) is 27.2 Å². The average molecular weight is 454 g/mol. The smallest absolute Gasteiger partial charge is 0.310 e. The van der Waals surface area contributed by atoms with Crippen molar-refractivity contribution >= 4 is 5.97 Å². The van der Waals surface area contributed by atoms with Crippen molar-refractivity contribution in [1.29, 1.82) is 0 Å². The van der Waals surface area contributed by atoms with Gasteiger partial charge in [-0.15, -0.1) is 0 Å². The zero-order valence-corrected chi connectivity index (χ0v) is 19.3. The molecule has 0 aliphatic carbocycles. The van der Waals surface area contributed by atoms with E-state index in [-0.39, 0.29) is 12.0 Å². The van der Waals surface area contributed by atoms with Gasteiger partial charge in [0, 0.05) is 17.8 Å². The van der Waals surface area contributed by atoms with E-state index in [1.165, 1.54) is 13.2 Å². The molecule has 0 bridgehead atoms. The summed E-state index contributed by atoms with van der Waals surface area (Å²) < 4.78 is 36.2. The molecule has 6 nitrogen and oxygen atoms in total. The Morgan fingerprint density at radius 3 is 2.42 bits per heavy atom. The summed E-state index contributed by atoms with van der Waals surface area (Å²) >= 11 is 0. The Kier molecular flexibility index (Phi) is 8.24. The molecule has 0 unspecified atom stereocenters. The van der Waals surface area contributed by atoms with Crippen molar-refractivity contribution in [3.8, 4) is 28.5 Å². The zero-order chi connectivity index (χ0) is 23.8. The summed E-state index contributed by atoms with van der Waals surface area (Å²) in [6.07, 6.45) is 1.48.